The zero-order valence-corrected chi connectivity index (χ0v) is 16.0. The van der Waals surface area contributed by atoms with Gasteiger partial charge in [-0.2, -0.15) is 0 Å². The van der Waals surface area contributed by atoms with Crippen LogP contribution in [-0.4, -0.2) is 41.5 Å². The number of esters is 2. The van der Waals surface area contributed by atoms with Crippen LogP contribution in [0.4, 0.5) is 5.00 Å². The molecule has 0 saturated heterocycles. The molecule has 0 atom stereocenters. The van der Waals surface area contributed by atoms with Crippen LogP contribution in [0.3, 0.4) is 0 Å². The number of rotatable bonds is 4. The molecule has 27 heavy (non-hydrogen) atoms. The van der Waals surface area contributed by atoms with Gasteiger partial charge < -0.3 is 14.8 Å². The Bertz CT molecular complexity index is 1070. The lowest BCUT2D eigenvalue weighted by Crippen LogP contribution is -2.17. The van der Waals surface area contributed by atoms with E-state index in [2.05, 4.69) is 10.3 Å². The van der Waals surface area contributed by atoms with Crippen LogP contribution in [0, 0.1) is 13.8 Å². The summed E-state index contributed by atoms with van der Waals surface area (Å²) in [6.45, 7) is 3.33. The van der Waals surface area contributed by atoms with Gasteiger partial charge in [0.1, 0.15) is 21.2 Å². The molecule has 0 aliphatic heterocycles. The first-order valence-electron chi connectivity index (χ1n) is 7.94. The summed E-state index contributed by atoms with van der Waals surface area (Å²) in [5.41, 5.74) is 2.03. The highest BCUT2D eigenvalue weighted by Gasteiger charge is 2.28. The number of anilines is 1. The smallest absolute Gasteiger partial charge is 0.348 e. The normalized spacial score (nSPS) is 10.7. The number of hydrogen-bond acceptors (Lipinski definition) is 7. The van der Waals surface area contributed by atoms with Crippen LogP contribution in [0.2, 0.25) is 0 Å². The van der Waals surface area contributed by atoms with Crippen molar-refractivity contribution in [3.05, 3.63) is 51.8 Å². The van der Waals surface area contributed by atoms with Crippen molar-refractivity contribution in [2.45, 2.75) is 13.8 Å². The number of carbonyl (C=O) groups is 3. The number of nitrogens with one attached hydrogen (secondary N) is 1. The van der Waals surface area contributed by atoms with Gasteiger partial charge in [-0.1, -0.05) is 6.07 Å². The van der Waals surface area contributed by atoms with Gasteiger partial charge in [0.25, 0.3) is 5.91 Å². The van der Waals surface area contributed by atoms with Gasteiger partial charge in [0.15, 0.2) is 0 Å². The van der Waals surface area contributed by atoms with Gasteiger partial charge in [-0.25, -0.2) is 14.6 Å². The zero-order valence-electron chi connectivity index (χ0n) is 15.2. The van der Waals surface area contributed by atoms with Gasteiger partial charge in [-0.3, -0.25) is 9.20 Å². The Kier molecular flexibility index (Phi) is 4.95. The molecule has 3 rings (SSSR count). The lowest BCUT2D eigenvalue weighted by Gasteiger charge is -2.07. The Morgan fingerprint density at radius 2 is 1.81 bits per heavy atom. The molecule has 0 aliphatic rings. The number of imidazole rings is 1. The fourth-order valence-corrected chi connectivity index (χ4v) is 3.89. The van der Waals surface area contributed by atoms with Crippen molar-refractivity contribution in [3.8, 4) is 0 Å². The van der Waals surface area contributed by atoms with Gasteiger partial charge in [0.2, 0.25) is 0 Å². The van der Waals surface area contributed by atoms with Gasteiger partial charge in [0, 0.05) is 6.20 Å². The topological polar surface area (TPSA) is 99.0 Å². The quantitative estimate of drug-likeness (QED) is 0.691. The molecule has 0 saturated carbocycles. The minimum atomic E-state index is -0.649. The van der Waals surface area contributed by atoms with Crippen molar-refractivity contribution >= 4 is 39.8 Å². The van der Waals surface area contributed by atoms with Crippen molar-refractivity contribution in [2.24, 2.45) is 0 Å². The van der Waals surface area contributed by atoms with Crippen LogP contribution in [0.1, 0.15) is 41.8 Å². The summed E-state index contributed by atoms with van der Waals surface area (Å²) in [5, 5.41) is 2.93. The molecule has 0 fully saturated rings. The molecule has 0 aliphatic carbocycles. The number of pyridine rings is 1. The number of methoxy groups -OCH3 is 2. The summed E-state index contributed by atoms with van der Waals surface area (Å²) < 4.78 is 11.2. The first-order valence-corrected chi connectivity index (χ1v) is 8.75. The molecule has 3 heterocycles. The number of thiophene rings is 1. The molecule has 3 aromatic heterocycles. The van der Waals surface area contributed by atoms with E-state index in [1.165, 1.54) is 14.2 Å². The molecule has 0 spiro atoms. The molecular weight excluding hydrogens is 370 g/mol. The fraction of sp³-hybridized carbons (Fsp3) is 0.222. The van der Waals surface area contributed by atoms with E-state index in [0.29, 0.717) is 22.6 Å². The molecular formula is C18H17N3O5S. The van der Waals surface area contributed by atoms with Gasteiger partial charge in [-0.05, 0) is 31.5 Å². The van der Waals surface area contributed by atoms with Crippen molar-refractivity contribution in [1.29, 1.82) is 0 Å². The van der Waals surface area contributed by atoms with Crippen molar-refractivity contribution < 1.29 is 23.9 Å². The van der Waals surface area contributed by atoms with Crippen LogP contribution in [-0.2, 0) is 9.47 Å². The monoisotopic (exact) mass is 387 g/mol. The largest absolute Gasteiger partial charge is 0.465 e. The SMILES string of the molecule is COC(=O)c1sc(NC(=O)c2c(C)nc3ccccn23)c(C(=O)OC)c1C. The molecule has 0 radical (unpaired) electrons. The predicted molar refractivity (Wildman–Crippen MR) is 99.6 cm³/mol. The minimum absolute atomic E-state index is 0.128. The molecule has 1 amide bonds. The summed E-state index contributed by atoms with van der Waals surface area (Å²) >= 11 is 0.962. The first-order chi connectivity index (χ1) is 12.9. The summed E-state index contributed by atoms with van der Waals surface area (Å²) in [7, 11) is 2.48. The molecule has 3 aromatic rings. The standard InChI is InChI=1S/C18H17N3O5S/c1-9-12(17(23)25-3)16(27-14(9)18(24)26-4)20-15(22)13-10(2)19-11-7-5-6-8-21(11)13/h5-8H,1-4H3,(H,20,22). The van der Waals surface area contributed by atoms with E-state index < -0.39 is 17.8 Å². The Morgan fingerprint density at radius 1 is 1.11 bits per heavy atom. The summed E-state index contributed by atoms with van der Waals surface area (Å²) in [6, 6.07) is 5.40. The maximum atomic E-state index is 12.9. The second-order valence-electron chi connectivity index (χ2n) is 5.67. The lowest BCUT2D eigenvalue weighted by atomic mass is 10.1. The Morgan fingerprint density at radius 3 is 2.48 bits per heavy atom. The third-order valence-electron chi connectivity index (χ3n) is 4.05. The first kappa shape index (κ1) is 18.6. The highest BCUT2D eigenvalue weighted by atomic mass is 32.1. The fourth-order valence-electron chi connectivity index (χ4n) is 2.79. The van der Waals surface area contributed by atoms with Crippen LogP contribution in [0.25, 0.3) is 5.65 Å². The Labute approximate surface area is 158 Å². The Hall–Kier alpha value is -3.20. The molecule has 9 heteroatoms. The number of nitrogens with zero attached hydrogens (tertiary/aromatic N) is 2. The Balaban J connectivity index is 2.06. The van der Waals surface area contributed by atoms with E-state index in [1.54, 1.807) is 36.6 Å². The number of amides is 1. The highest BCUT2D eigenvalue weighted by molar-refractivity contribution is 7.18. The molecule has 140 valence electrons. The van der Waals surface area contributed by atoms with Crippen LogP contribution in [0.15, 0.2) is 24.4 Å². The van der Waals surface area contributed by atoms with Gasteiger partial charge in [0.05, 0.1) is 25.5 Å². The summed E-state index contributed by atoms with van der Waals surface area (Å²) in [4.78, 5) is 41.6. The highest BCUT2D eigenvalue weighted by Crippen LogP contribution is 2.34. The van der Waals surface area contributed by atoms with Gasteiger partial charge in [-0.15, -0.1) is 11.3 Å². The van der Waals surface area contributed by atoms with Crippen LogP contribution < -0.4 is 5.32 Å². The number of aryl methyl sites for hydroxylation is 1. The van der Waals surface area contributed by atoms with E-state index in [-0.39, 0.29) is 15.4 Å². The minimum Gasteiger partial charge on any atom is -0.465 e. The average Bonchev–Trinajstić information content (AvgIpc) is 3.16. The number of hydrogen-bond donors (Lipinski definition) is 1. The third kappa shape index (κ3) is 3.17. The van der Waals surface area contributed by atoms with E-state index >= 15 is 0 Å². The number of fused-ring (bicyclic) bond motifs is 1. The third-order valence-corrected chi connectivity index (χ3v) is 5.24. The number of ether oxygens (including phenoxy) is 2. The second kappa shape index (κ2) is 7.20. The van der Waals surface area contributed by atoms with E-state index in [0.717, 1.165) is 11.3 Å². The summed E-state index contributed by atoms with van der Waals surface area (Å²) in [5.74, 6) is -1.69. The maximum absolute atomic E-state index is 12.9. The molecule has 0 unspecified atom stereocenters. The van der Waals surface area contributed by atoms with Crippen LogP contribution in [0.5, 0.6) is 0 Å². The van der Waals surface area contributed by atoms with E-state index in [9.17, 15) is 14.4 Å². The molecule has 0 aromatic carbocycles. The van der Waals surface area contributed by atoms with Crippen molar-refractivity contribution in [2.75, 3.05) is 19.5 Å². The zero-order chi connectivity index (χ0) is 19.7. The lowest BCUT2D eigenvalue weighted by molar-refractivity contribution is 0.0601. The van der Waals surface area contributed by atoms with Crippen LogP contribution >= 0.6 is 11.3 Å². The van der Waals surface area contributed by atoms with Gasteiger partial charge >= 0.3 is 11.9 Å². The second-order valence-corrected chi connectivity index (χ2v) is 6.69. The van der Waals surface area contributed by atoms with E-state index in [4.69, 9.17) is 9.47 Å². The molecule has 8 nitrogen and oxygen atoms in total. The summed E-state index contributed by atoms with van der Waals surface area (Å²) in [6.07, 6.45) is 1.73. The number of carbonyl (C=O) groups excluding carboxylic acids is 3. The molecule has 1 N–H and O–H groups in total. The van der Waals surface area contributed by atoms with Crippen molar-refractivity contribution in [3.63, 3.8) is 0 Å². The average molecular weight is 387 g/mol. The number of aromatic nitrogens is 2. The maximum Gasteiger partial charge on any atom is 0.348 e. The molecule has 0 bridgehead atoms. The van der Waals surface area contributed by atoms with Crippen molar-refractivity contribution in [1.82, 2.24) is 9.38 Å². The predicted octanol–water partition coefficient (Wildman–Crippen LogP) is 2.84. The van der Waals surface area contributed by atoms with E-state index in [1.807, 2.05) is 6.07 Å².